The summed E-state index contributed by atoms with van der Waals surface area (Å²) in [5.74, 6) is -0.0309. The van der Waals surface area contributed by atoms with Gasteiger partial charge in [-0.25, -0.2) is 0 Å². The van der Waals surface area contributed by atoms with Crippen LogP contribution in [0.1, 0.15) is 23.4 Å². The van der Waals surface area contributed by atoms with Gasteiger partial charge in [-0.2, -0.15) is 0 Å². The van der Waals surface area contributed by atoms with Crippen molar-refractivity contribution < 1.29 is 13.9 Å². The smallest absolute Gasteiger partial charge is 0.287 e. The molecule has 0 bridgehead atoms. The molecule has 0 radical (unpaired) electrons. The molecule has 1 atom stereocenters. The molecular weight excluding hydrogens is 291 g/mol. The zero-order valence-corrected chi connectivity index (χ0v) is 12.3. The highest BCUT2D eigenvalue weighted by Gasteiger charge is 2.34. The van der Waals surface area contributed by atoms with E-state index in [4.69, 9.17) is 20.8 Å². The Labute approximate surface area is 123 Å². The highest BCUT2D eigenvalue weighted by atomic mass is 35.5. The Morgan fingerprint density at radius 2 is 2.42 bits per heavy atom. The number of hydrogen-bond donors (Lipinski definition) is 2. The first-order valence-corrected chi connectivity index (χ1v) is 6.30. The third-order valence-corrected chi connectivity index (χ3v) is 3.34. The van der Waals surface area contributed by atoms with E-state index >= 15 is 0 Å². The average molecular weight is 309 g/mol. The van der Waals surface area contributed by atoms with E-state index in [0.29, 0.717) is 13.2 Å². The van der Waals surface area contributed by atoms with E-state index in [1.807, 2.05) is 0 Å². The van der Waals surface area contributed by atoms with Gasteiger partial charge < -0.3 is 19.8 Å². The van der Waals surface area contributed by atoms with Gasteiger partial charge in [-0.3, -0.25) is 4.79 Å². The van der Waals surface area contributed by atoms with Gasteiger partial charge in [0.05, 0.1) is 12.1 Å². The zero-order valence-electron chi connectivity index (χ0n) is 10.7. The number of methoxy groups -OCH3 is 1. The first-order valence-electron chi connectivity index (χ1n) is 5.93. The normalized spacial score (nSPS) is 22.0. The number of furan rings is 1. The Morgan fingerprint density at radius 1 is 1.63 bits per heavy atom. The molecule has 1 fully saturated rings. The summed E-state index contributed by atoms with van der Waals surface area (Å²) in [5, 5.41) is 6.45. The number of carbonyl (C=O) groups excluding carboxylic acids is 1. The fourth-order valence-corrected chi connectivity index (χ4v) is 2.39. The van der Waals surface area contributed by atoms with Gasteiger partial charge in [-0.05, 0) is 43.1 Å². The Balaban J connectivity index is 0.00000180. The third-order valence-electron chi connectivity index (χ3n) is 3.14. The number of halogens is 2. The Morgan fingerprint density at radius 3 is 2.95 bits per heavy atom. The molecule has 0 aromatic carbocycles. The average Bonchev–Trinajstić information content (AvgIpc) is 2.97. The van der Waals surface area contributed by atoms with Crippen LogP contribution in [0.25, 0.3) is 0 Å². The quantitative estimate of drug-likeness (QED) is 0.871. The molecule has 1 aliphatic heterocycles. The van der Waals surface area contributed by atoms with Gasteiger partial charge in [0.1, 0.15) is 0 Å². The molecule has 108 valence electrons. The fraction of sp³-hybridized carbons (Fsp3) is 0.583. The summed E-state index contributed by atoms with van der Waals surface area (Å²) in [6, 6.07) is 3.11. The first kappa shape index (κ1) is 16.3. The standard InChI is InChI=1S/C12H17ClN2O3.ClH/c1-17-8-12(5-2-6-15-12)7-14-11(16)9-3-4-10(13)18-9;/h3-4,15H,2,5-8H2,1H3,(H,14,16);1H. The van der Waals surface area contributed by atoms with Crippen LogP contribution in [0.3, 0.4) is 0 Å². The lowest BCUT2D eigenvalue weighted by atomic mass is 9.98. The molecule has 2 N–H and O–H groups in total. The van der Waals surface area contributed by atoms with Gasteiger partial charge in [-0.1, -0.05) is 0 Å². The van der Waals surface area contributed by atoms with Gasteiger partial charge in [0.25, 0.3) is 5.91 Å². The lowest BCUT2D eigenvalue weighted by molar-refractivity contribution is 0.0867. The monoisotopic (exact) mass is 308 g/mol. The molecule has 5 nitrogen and oxygen atoms in total. The van der Waals surface area contributed by atoms with Crippen molar-refractivity contribution >= 4 is 29.9 Å². The Hall–Kier alpha value is -0.750. The summed E-state index contributed by atoms with van der Waals surface area (Å²) < 4.78 is 10.3. The summed E-state index contributed by atoms with van der Waals surface area (Å²) in [7, 11) is 1.66. The topological polar surface area (TPSA) is 63.5 Å². The van der Waals surface area contributed by atoms with E-state index in [2.05, 4.69) is 10.6 Å². The van der Waals surface area contributed by atoms with E-state index < -0.39 is 0 Å². The van der Waals surface area contributed by atoms with Crippen LogP contribution in [0.15, 0.2) is 16.5 Å². The van der Waals surface area contributed by atoms with E-state index in [-0.39, 0.29) is 34.8 Å². The van der Waals surface area contributed by atoms with Gasteiger partial charge in [0.2, 0.25) is 0 Å². The lowest BCUT2D eigenvalue weighted by Gasteiger charge is -2.28. The molecular formula is C12H18Cl2N2O3. The minimum absolute atomic E-state index is 0. The first-order chi connectivity index (χ1) is 8.65. The number of rotatable bonds is 5. The Bertz CT molecular complexity index is 417. The Kier molecular flexibility index (Phi) is 6.13. The van der Waals surface area contributed by atoms with Crippen molar-refractivity contribution in [1.29, 1.82) is 0 Å². The molecule has 2 rings (SSSR count). The van der Waals surface area contributed by atoms with Crippen LogP contribution in [0.4, 0.5) is 0 Å². The van der Waals surface area contributed by atoms with Crippen molar-refractivity contribution in [1.82, 2.24) is 10.6 Å². The van der Waals surface area contributed by atoms with Crippen LogP contribution >= 0.6 is 24.0 Å². The second-order valence-electron chi connectivity index (χ2n) is 4.53. The molecule has 0 saturated carbocycles. The van der Waals surface area contributed by atoms with Gasteiger partial charge >= 0.3 is 0 Å². The number of carbonyl (C=O) groups is 1. The number of hydrogen-bond acceptors (Lipinski definition) is 4. The van der Waals surface area contributed by atoms with E-state index in [1.54, 1.807) is 19.2 Å². The second-order valence-corrected chi connectivity index (χ2v) is 4.90. The van der Waals surface area contributed by atoms with Crippen molar-refractivity contribution in [2.75, 3.05) is 26.8 Å². The second kappa shape index (κ2) is 7.14. The molecule has 19 heavy (non-hydrogen) atoms. The minimum Gasteiger partial charge on any atom is -0.440 e. The van der Waals surface area contributed by atoms with Crippen LogP contribution in [0.2, 0.25) is 5.22 Å². The summed E-state index contributed by atoms with van der Waals surface area (Å²) in [5.41, 5.74) is -0.166. The van der Waals surface area contributed by atoms with Crippen LogP contribution < -0.4 is 10.6 Å². The van der Waals surface area contributed by atoms with Crippen molar-refractivity contribution in [2.24, 2.45) is 0 Å². The summed E-state index contributed by atoms with van der Waals surface area (Å²) in [6.45, 7) is 2.04. The summed E-state index contributed by atoms with van der Waals surface area (Å²) >= 11 is 5.63. The van der Waals surface area contributed by atoms with Crippen molar-refractivity contribution in [3.8, 4) is 0 Å². The van der Waals surface area contributed by atoms with E-state index in [1.165, 1.54) is 0 Å². The van der Waals surface area contributed by atoms with Crippen LogP contribution in [0.5, 0.6) is 0 Å². The van der Waals surface area contributed by atoms with Gasteiger partial charge in [0, 0.05) is 13.7 Å². The molecule has 1 saturated heterocycles. The maximum absolute atomic E-state index is 11.8. The molecule has 2 heterocycles. The minimum atomic E-state index is -0.258. The summed E-state index contributed by atoms with van der Waals surface area (Å²) in [4.78, 5) is 11.8. The number of amides is 1. The molecule has 7 heteroatoms. The molecule has 1 aromatic rings. The third kappa shape index (κ3) is 4.11. The molecule has 1 aromatic heterocycles. The molecule has 1 unspecified atom stereocenters. The number of ether oxygens (including phenoxy) is 1. The highest BCUT2D eigenvalue weighted by Crippen LogP contribution is 2.19. The predicted molar refractivity (Wildman–Crippen MR) is 75.1 cm³/mol. The van der Waals surface area contributed by atoms with Crippen molar-refractivity contribution in [2.45, 2.75) is 18.4 Å². The zero-order chi connectivity index (χ0) is 13.0. The van der Waals surface area contributed by atoms with Crippen LogP contribution in [-0.2, 0) is 4.74 Å². The predicted octanol–water partition coefficient (Wildman–Crippen LogP) is 1.85. The highest BCUT2D eigenvalue weighted by molar-refractivity contribution is 6.29. The lowest BCUT2D eigenvalue weighted by Crippen LogP contribution is -2.52. The SMILES string of the molecule is COCC1(CNC(=O)c2ccc(Cl)o2)CCCN1.Cl. The van der Waals surface area contributed by atoms with Crippen LogP contribution in [-0.4, -0.2) is 38.3 Å². The van der Waals surface area contributed by atoms with Crippen molar-refractivity contribution in [3.63, 3.8) is 0 Å². The van der Waals surface area contributed by atoms with Crippen molar-refractivity contribution in [3.05, 3.63) is 23.1 Å². The maximum atomic E-state index is 11.8. The fourth-order valence-electron chi connectivity index (χ4n) is 2.24. The van der Waals surface area contributed by atoms with E-state index in [9.17, 15) is 4.79 Å². The maximum Gasteiger partial charge on any atom is 0.287 e. The largest absolute Gasteiger partial charge is 0.440 e. The van der Waals surface area contributed by atoms with Gasteiger partial charge in [0.15, 0.2) is 11.0 Å². The molecule has 1 amide bonds. The van der Waals surface area contributed by atoms with E-state index in [0.717, 1.165) is 19.4 Å². The van der Waals surface area contributed by atoms with Gasteiger partial charge in [-0.15, -0.1) is 12.4 Å². The molecule has 1 aliphatic rings. The number of nitrogens with one attached hydrogen (secondary N) is 2. The molecule has 0 spiro atoms. The molecule has 0 aliphatic carbocycles. The van der Waals surface area contributed by atoms with Crippen LogP contribution in [0, 0.1) is 0 Å². The summed E-state index contributed by atoms with van der Waals surface area (Å²) in [6.07, 6.45) is 2.08.